The molecule has 1 aromatic rings. The van der Waals surface area contributed by atoms with Gasteiger partial charge in [0.2, 0.25) is 11.8 Å². The summed E-state index contributed by atoms with van der Waals surface area (Å²) < 4.78 is 5.91. The van der Waals surface area contributed by atoms with Gasteiger partial charge in [-0.3, -0.25) is 9.59 Å². The number of hydrogen-bond donors (Lipinski definition) is 3. The highest BCUT2D eigenvalue weighted by molar-refractivity contribution is 5.86. The third kappa shape index (κ3) is 22.5. The van der Waals surface area contributed by atoms with Crippen molar-refractivity contribution < 1.29 is 24.2 Å². The molecule has 0 aromatic heterocycles. The molecule has 0 saturated carbocycles. The van der Waals surface area contributed by atoms with Crippen molar-refractivity contribution in [3.63, 3.8) is 0 Å². The summed E-state index contributed by atoms with van der Waals surface area (Å²) in [5, 5.41) is 15.3. The van der Waals surface area contributed by atoms with Gasteiger partial charge in [-0.1, -0.05) is 106 Å². The molecule has 0 radical (unpaired) electrons. The van der Waals surface area contributed by atoms with E-state index in [0.717, 1.165) is 55.4 Å². The number of carbonyl (C=O) groups is 3. The van der Waals surface area contributed by atoms with Crippen molar-refractivity contribution in [3.8, 4) is 5.75 Å². The van der Waals surface area contributed by atoms with Crippen LogP contribution in [0, 0.1) is 19.3 Å². The number of nitrogens with one attached hydrogen (secondary N) is 2. The lowest BCUT2D eigenvalue weighted by Gasteiger charge is -2.26. The maximum Gasteiger partial charge on any atom is 0.326 e. The Kier molecular flexibility index (Phi) is 24.3. The van der Waals surface area contributed by atoms with Crippen molar-refractivity contribution >= 4 is 17.8 Å². The summed E-state index contributed by atoms with van der Waals surface area (Å²) in [6.45, 7) is 10.8. The highest BCUT2D eigenvalue weighted by atomic mass is 16.5. The molecule has 0 aliphatic rings. The van der Waals surface area contributed by atoms with E-state index >= 15 is 0 Å². The normalized spacial score (nSPS) is 13.1. The minimum absolute atomic E-state index is 0.0177. The molecule has 2 amide bonds. The van der Waals surface area contributed by atoms with Gasteiger partial charge in [0.25, 0.3) is 0 Å². The lowest BCUT2D eigenvalue weighted by molar-refractivity contribution is -0.143. The molecule has 1 unspecified atom stereocenters. The van der Waals surface area contributed by atoms with Crippen LogP contribution in [0.25, 0.3) is 0 Å². The molecule has 50 heavy (non-hydrogen) atoms. The number of aliphatic carboxylic acids is 1. The lowest BCUT2D eigenvalue weighted by Crippen LogP contribution is -2.46. The van der Waals surface area contributed by atoms with Crippen LogP contribution >= 0.6 is 0 Å². The molecule has 7 nitrogen and oxygen atoms in total. The van der Waals surface area contributed by atoms with E-state index in [9.17, 15) is 19.5 Å². The SMILES string of the molecule is CC/C=C\C/C=C\C/C=C\C/C=C\C/C=C\C/C=C\CCC(=O)NCCCCC(NC(=O)C(C)(C)CCCOc1cc(C)ccc1C)C(=O)O. The number of hydrogen-bond acceptors (Lipinski definition) is 4. The van der Waals surface area contributed by atoms with Gasteiger partial charge in [-0.05, 0) is 108 Å². The zero-order valence-corrected chi connectivity index (χ0v) is 31.4. The number of aryl methyl sites for hydroxylation is 2. The van der Waals surface area contributed by atoms with E-state index in [1.807, 2.05) is 52.0 Å². The summed E-state index contributed by atoms with van der Waals surface area (Å²) in [6.07, 6.45) is 35.6. The fourth-order valence-corrected chi connectivity index (χ4v) is 4.93. The largest absolute Gasteiger partial charge is 0.493 e. The second-order valence-corrected chi connectivity index (χ2v) is 13.3. The van der Waals surface area contributed by atoms with Gasteiger partial charge in [-0.25, -0.2) is 4.79 Å². The topological polar surface area (TPSA) is 105 Å². The first-order valence-corrected chi connectivity index (χ1v) is 18.5. The zero-order chi connectivity index (χ0) is 36.9. The molecular weight excluding hydrogens is 624 g/mol. The minimum Gasteiger partial charge on any atom is -0.493 e. The van der Waals surface area contributed by atoms with Crippen molar-refractivity contribution in [3.05, 3.63) is 102 Å². The molecule has 0 heterocycles. The lowest BCUT2D eigenvalue weighted by atomic mass is 9.86. The summed E-state index contributed by atoms with van der Waals surface area (Å²) in [5.41, 5.74) is 1.47. The van der Waals surface area contributed by atoms with Crippen LogP contribution in [-0.4, -0.2) is 42.1 Å². The van der Waals surface area contributed by atoms with Crippen molar-refractivity contribution in [1.82, 2.24) is 10.6 Å². The van der Waals surface area contributed by atoms with Crippen LogP contribution in [0.15, 0.2) is 91.1 Å². The van der Waals surface area contributed by atoms with Crippen molar-refractivity contribution in [2.75, 3.05) is 13.2 Å². The van der Waals surface area contributed by atoms with Crippen LogP contribution in [0.4, 0.5) is 0 Å². The number of ether oxygens (including phenoxy) is 1. The quantitative estimate of drug-likeness (QED) is 0.0631. The van der Waals surface area contributed by atoms with Crippen LogP contribution in [0.1, 0.15) is 115 Å². The molecule has 0 bridgehead atoms. The third-order valence-electron chi connectivity index (χ3n) is 8.14. The molecule has 1 atom stereocenters. The van der Waals surface area contributed by atoms with Crippen LogP contribution in [0.2, 0.25) is 0 Å². The summed E-state index contributed by atoms with van der Waals surface area (Å²) in [6, 6.07) is 5.11. The first-order chi connectivity index (χ1) is 24.1. The summed E-state index contributed by atoms with van der Waals surface area (Å²) in [4.78, 5) is 36.9. The van der Waals surface area contributed by atoms with Gasteiger partial charge in [0.05, 0.1) is 6.61 Å². The Morgan fingerprint density at radius 3 is 1.92 bits per heavy atom. The molecular formula is C43H64N2O5. The van der Waals surface area contributed by atoms with Crippen LogP contribution < -0.4 is 15.4 Å². The number of amides is 2. The first-order valence-electron chi connectivity index (χ1n) is 18.5. The van der Waals surface area contributed by atoms with E-state index in [1.54, 1.807) is 0 Å². The molecule has 7 heteroatoms. The maximum absolute atomic E-state index is 12.9. The number of benzene rings is 1. The minimum atomic E-state index is -1.05. The van der Waals surface area contributed by atoms with Gasteiger partial charge >= 0.3 is 5.97 Å². The Balaban J connectivity index is 2.15. The summed E-state index contributed by atoms with van der Waals surface area (Å²) in [5.74, 6) is -0.498. The van der Waals surface area contributed by atoms with Gasteiger partial charge in [-0.15, -0.1) is 0 Å². The van der Waals surface area contributed by atoms with E-state index in [4.69, 9.17) is 4.74 Å². The van der Waals surface area contributed by atoms with E-state index in [1.165, 1.54) is 0 Å². The maximum atomic E-state index is 12.9. The third-order valence-corrected chi connectivity index (χ3v) is 8.14. The van der Waals surface area contributed by atoms with Gasteiger partial charge in [-0.2, -0.15) is 0 Å². The molecule has 0 fully saturated rings. The van der Waals surface area contributed by atoms with E-state index in [2.05, 4.69) is 84.4 Å². The predicted molar refractivity (Wildman–Crippen MR) is 208 cm³/mol. The Hall–Kier alpha value is -4.13. The van der Waals surface area contributed by atoms with Crippen molar-refractivity contribution in [2.24, 2.45) is 5.41 Å². The Morgan fingerprint density at radius 2 is 1.36 bits per heavy atom. The van der Waals surface area contributed by atoms with Crippen LogP contribution in [0.3, 0.4) is 0 Å². The van der Waals surface area contributed by atoms with Crippen LogP contribution in [-0.2, 0) is 14.4 Å². The molecule has 276 valence electrons. The van der Waals surface area contributed by atoms with Gasteiger partial charge in [0.15, 0.2) is 0 Å². The standard InChI is InChI=1S/C43H64N2O5/c1-6-7-8-9-10-11-12-13-14-15-16-17-18-19-20-21-22-23-24-29-40(46)44-33-26-25-28-38(41(47)48)45-42(49)43(4,5)32-27-34-50-39-35-36(2)30-31-37(39)3/h7-8,10-11,13-14,16-17,19-20,22-23,30-31,35,38H,6,9,12,15,18,21,24-29,32-34H2,1-5H3,(H,44,46)(H,45,49)(H,47,48)/b8-7-,11-10-,14-13-,17-16-,20-19-,23-22-. The van der Waals surface area contributed by atoms with Crippen molar-refractivity contribution in [2.45, 2.75) is 124 Å². The van der Waals surface area contributed by atoms with Gasteiger partial charge in [0, 0.05) is 18.4 Å². The van der Waals surface area contributed by atoms with E-state index < -0.39 is 17.4 Å². The number of rotatable bonds is 27. The predicted octanol–water partition coefficient (Wildman–Crippen LogP) is 9.82. The van der Waals surface area contributed by atoms with Crippen LogP contribution in [0.5, 0.6) is 5.75 Å². The number of allylic oxidation sites excluding steroid dienone is 12. The van der Waals surface area contributed by atoms with E-state index in [0.29, 0.717) is 58.1 Å². The number of carboxylic acid groups (broad SMARTS) is 1. The number of carbonyl (C=O) groups excluding carboxylic acids is 2. The Labute approximate surface area is 302 Å². The molecule has 0 aliphatic heterocycles. The summed E-state index contributed by atoms with van der Waals surface area (Å²) in [7, 11) is 0. The highest BCUT2D eigenvalue weighted by Crippen LogP contribution is 2.25. The fourth-order valence-electron chi connectivity index (χ4n) is 4.93. The van der Waals surface area contributed by atoms with E-state index in [-0.39, 0.29) is 11.8 Å². The Morgan fingerprint density at radius 1 is 0.800 bits per heavy atom. The smallest absolute Gasteiger partial charge is 0.326 e. The van der Waals surface area contributed by atoms with Crippen molar-refractivity contribution in [1.29, 1.82) is 0 Å². The summed E-state index contributed by atoms with van der Waals surface area (Å²) >= 11 is 0. The molecule has 1 rings (SSSR count). The second kappa shape index (κ2) is 27.7. The number of carboxylic acids is 1. The molecule has 0 aliphatic carbocycles. The molecule has 0 saturated heterocycles. The molecule has 0 spiro atoms. The van der Waals surface area contributed by atoms with Gasteiger partial charge < -0.3 is 20.5 Å². The zero-order valence-electron chi connectivity index (χ0n) is 31.4. The number of unbranched alkanes of at least 4 members (excludes halogenated alkanes) is 1. The Bertz CT molecular complexity index is 1300. The molecule has 1 aromatic carbocycles. The fraction of sp³-hybridized carbons (Fsp3) is 0.512. The molecule has 3 N–H and O–H groups in total. The van der Waals surface area contributed by atoms with Gasteiger partial charge in [0.1, 0.15) is 11.8 Å². The highest BCUT2D eigenvalue weighted by Gasteiger charge is 2.30. The average Bonchev–Trinajstić information content (AvgIpc) is 3.08. The second-order valence-electron chi connectivity index (χ2n) is 13.3. The first kappa shape index (κ1) is 43.9. The monoisotopic (exact) mass is 688 g/mol. The average molecular weight is 689 g/mol.